The second-order valence-electron chi connectivity index (χ2n) is 6.57. The molecule has 2 aromatic rings. The van der Waals surface area contributed by atoms with E-state index in [2.05, 4.69) is 15.5 Å². The lowest BCUT2D eigenvalue weighted by Gasteiger charge is -2.18. The highest BCUT2D eigenvalue weighted by molar-refractivity contribution is 5.94. The minimum Gasteiger partial charge on any atom is -0.326 e. The molecule has 0 unspecified atom stereocenters. The first-order valence-electron chi connectivity index (χ1n) is 9.48. The van der Waals surface area contributed by atoms with Gasteiger partial charge in [0.15, 0.2) is 0 Å². The zero-order valence-corrected chi connectivity index (χ0v) is 16.4. The average Bonchev–Trinajstić information content (AvgIpc) is 2.67. The van der Waals surface area contributed by atoms with Crippen molar-refractivity contribution in [2.24, 2.45) is 0 Å². The molecule has 0 atom stereocenters. The molecule has 0 heterocycles. The Morgan fingerprint density at radius 1 is 0.926 bits per heavy atom. The molecule has 0 fully saturated rings. The maximum atomic E-state index is 12.2. The van der Waals surface area contributed by atoms with Crippen LogP contribution in [0.2, 0.25) is 0 Å². The Morgan fingerprint density at radius 3 is 2.26 bits per heavy atom. The van der Waals surface area contributed by atoms with E-state index in [-0.39, 0.29) is 11.8 Å². The summed E-state index contributed by atoms with van der Waals surface area (Å²) >= 11 is 0. The third kappa shape index (κ3) is 6.87. The Bertz CT molecular complexity index is 755. The van der Waals surface area contributed by atoms with Gasteiger partial charge < -0.3 is 10.6 Å². The minimum atomic E-state index is -0.0264. The maximum absolute atomic E-state index is 12.2. The number of hydrogen-bond donors (Lipinski definition) is 2. The number of rotatable bonds is 9. The number of carbonyl (C=O) groups excluding carboxylic acids is 2. The van der Waals surface area contributed by atoms with Crippen molar-refractivity contribution >= 4 is 23.2 Å². The van der Waals surface area contributed by atoms with E-state index in [1.54, 1.807) is 0 Å². The summed E-state index contributed by atoms with van der Waals surface area (Å²) in [5.41, 5.74) is 3.58. The highest BCUT2D eigenvalue weighted by atomic mass is 16.2. The van der Waals surface area contributed by atoms with Gasteiger partial charge >= 0.3 is 0 Å². The third-order valence-electron chi connectivity index (χ3n) is 4.53. The third-order valence-corrected chi connectivity index (χ3v) is 4.53. The van der Waals surface area contributed by atoms with Crippen LogP contribution in [0.15, 0.2) is 48.5 Å². The molecule has 0 saturated heterocycles. The first-order chi connectivity index (χ1) is 13.0. The number of anilines is 2. The lowest BCUT2D eigenvalue weighted by Crippen LogP contribution is -2.33. The Morgan fingerprint density at radius 2 is 1.63 bits per heavy atom. The molecule has 2 N–H and O–H groups in total. The highest BCUT2D eigenvalue weighted by Gasteiger charge is 2.10. The fourth-order valence-electron chi connectivity index (χ4n) is 2.85. The van der Waals surface area contributed by atoms with Gasteiger partial charge in [-0.05, 0) is 55.8 Å². The van der Waals surface area contributed by atoms with Crippen molar-refractivity contribution in [2.75, 3.05) is 30.3 Å². The van der Waals surface area contributed by atoms with Crippen LogP contribution in [0.4, 0.5) is 11.4 Å². The van der Waals surface area contributed by atoms with Crippen molar-refractivity contribution in [2.45, 2.75) is 33.6 Å². The molecule has 0 spiro atoms. The standard InChI is InChI=1S/C22H29N3O2/c1-4-25(5-2)16-22(27)24-20-13-12-19(15-17(20)3)23-21(26)14-11-18-9-7-6-8-10-18/h6-10,12-13,15H,4-5,11,14,16H2,1-3H3,(H,23,26)(H,24,27). The molecule has 0 saturated carbocycles. The maximum Gasteiger partial charge on any atom is 0.238 e. The molecule has 2 aromatic carbocycles. The van der Waals surface area contributed by atoms with Crippen LogP contribution in [0.25, 0.3) is 0 Å². The zero-order valence-electron chi connectivity index (χ0n) is 16.4. The monoisotopic (exact) mass is 367 g/mol. The Balaban J connectivity index is 1.88. The molecule has 0 radical (unpaired) electrons. The molecule has 27 heavy (non-hydrogen) atoms. The van der Waals surface area contributed by atoms with Crippen molar-refractivity contribution in [1.29, 1.82) is 0 Å². The fourth-order valence-corrected chi connectivity index (χ4v) is 2.85. The van der Waals surface area contributed by atoms with Gasteiger partial charge in [-0.25, -0.2) is 0 Å². The van der Waals surface area contributed by atoms with Crippen molar-refractivity contribution in [1.82, 2.24) is 4.90 Å². The molecule has 5 heteroatoms. The lowest BCUT2D eigenvalue weighted by molar-refractivity contribution is -0.117. The van der Waals surface area contributed by atoms with Gasteiger partial charge in [-0.15, -0.1) is 0 Å². The van der Waals surface area contributed by atoms with Crippen LogP contribution < -0.4 is 10.6 Å². The predicted octanol–water partition coefficient (Wildman–Crippen LogP) is 3.85. The van der Waals surface area contributed by atoms with E-state index in [1.807, 2.05) is 69.3 Å². The minimum absolute atomic E-state index is 0.0171. The number of likely N-dealkylation sites (N-methyl/N-ethyl adjacent to an activating group) is 1. The molecular formula is C22H29N3O2. The molecule has 0 bridgehead atoms. The molecule has 0 aromatic heterocycles. The summed E-state index contributed by atoms with van der Waals surface area (Å²) in [5, 5.41) is 5.87. The molecule has 0 aliphatic carbocycles. The van der Waals surface area contributed by atoms with Gasteiger partial charge in [0.2, 0.25) is 11.8 Å². The van der Waals surface area contributed by atoms with E-state index in [4.69, 9.17) is 0 Å². The SMILES string of the molecule is CCN(CC)CC(=O)Nc1ccc(NC(=O)CCc2ccccc2)cc1C. The van der Waals surface area contributed by atoms with E-state index in [0.29, 0.717) is 19.4 Å². The van der Waals surface area contributed by atoms with Gasteiger partial charge in [0, 0.05) is 17.8 Å². The number of benzene rings is 2. The largest absolute Gasteiger partial charge is 0.326 e. The first kappa shape index (κ1) is 20.6. The summed E-state index contributed by atoms with van der Waals surface area (Å²) in [6, 6.07) is 15.5. The number of nitrogens with zero attached hydrogens (tertiary/aromatic N) is 1. The fraction of sp³-hybridized carbons (Fsp3) is 0.364. The van der Waals surface area contributed by atoms with Crippen molar-refractivity contribution in [3.8, 4) is 0 Å². The highest BCUT2D eigenvalue weighted by Crippen LogP contribution is 2.20. The van der Waals surface area contributed by atoms with E-state index < -0.39 is 0 Å². The van der Waals surface area contributed by atoms with Gasteiger partial charge in [0.1, 0.15) is 0 Å². The van der Waals surface area contributed by atoms with Crippen LogP contribution in [0, 0.1) is 6.92 Å². The van der Waals surface area contributed by atoms with E-state index in [1.165, 1.54) is 0 Å². The smallest absolute Gasteiger partial charge is 0.238 e. The van der Waals surface area contributed by atoms with E-state index in [0.717, 1.165) is 35.6 Å². The van der Waals surface area contributed by atoms with Crippen LogP contribution >= 0.6 is 0 Å². The Hall–Kier alpha value is -2.66. The number of hydrogen-bond acceptors (Lipinski definition) is 3. The lowest BCUT2D eigenvalue weighted by atomic mass is 10.1. The number of amides is 2. The van der Waals surface area contributed by atoms with E-state index in [9.17, 15) is 9.59 Å². The molecule has 0 aliphatic heterocycles. The van der Waals surface area contributed by atoms with Crippen molar-refractivity contribution in [3.63, 3.8) is 0 Å². The first-order valence-corrected chi connectivity index (χ1v) is 9.48. The van der Waals surface area contributed by atoms with Crippen molar-refractivity contribution < 1.29 is 9.59 Å². The number of carbonyl (C=O) groups is 2. The van der Waals surface area contributed by atoms with Crippen LogP contribution in [0.1, 0.15) is 31.4 Å². The normalized spacial score (nSPS) is 10.7. The van der Waals surface area contributed by atoms with Crippen LogP contribution in [0.5, 0.6) is 0 Å². The average molecular weight is 367 g/mol. The topological polar surface area (TPSA) is 61.4 Å². The van der Waals surface area contributed by atoms with Gasteiger partial charge in [0.05, 0.1) is 6.54 Å². The van der Waals surface area contributed by atoms with Gasteiger partial charge in [-0.3, -0.25) is 14.5 Å². The zero-order chi connectivity index (χ0) is 19.6. The second kappa shape index (κ2) is 10.5. The quantitative estimate of drug-likeness (QED) is 0.708. The number of nitrogens with one attached hydrogen (secondary N) is 2. The molecule has 0 aliphatic rings. The van der Waals surface area contributed by atoms with E-state index >= 15 is 0 Å². The Labute approximate surface area is 161 Å². The summed E-state index contributed by atoms with van der Waals surface area (Å²) in [7, 11) is 0. The van der Waals surface area contributed by atoms with Gasteiger partial charge in [0.25, 0.3) is 0 Å². The summed E-state index contributed by atoms with van der Waals surface area (Å²) < 4.78 is 0. The van der Waals surface area contributed by atoms with Crippen LogP contribution in [-0.4, -0.2) is 36.3 Å². The Kier molecular flexibility index (Phi) is 8.01. The molecule has 144 valence electrons. The summed E-state index contributed by atoms with van der Waals surface area (Å²) in [6.45, 7) is 8.07. The molecule has 2 amide bonds. The van der Waals surface area contributed by atoms with Crippen LogP contribution in [0.3, 0.4) is 0 Å². The predicted molar refractivity (Wildman–Crippen MR) is 111 cm³/mol. The van der Waals surface area contributed by atoms with Gasteiger partial charge in [-0.1, -0.05) is 44.2 Å². The van der Waals surface area contributed by atoms with Crippen LogP contribution in [-0.2, 0) is 16.0 Å². The number of aryl methyl sites for hydroxylation is 2. The molecule has 2 rings (SSSR count). The summed E-state index contributed by atoms with van der Waals surface area (Å²) in [6.07, 6.45) is 1.15. The second-order valence-corrected chi connectivity index (χ2v) is 6.57. The van der Waals surface area contributed by atoms with Crippen molar-refractivity contribution in [3.05, 3.63) is 59.7 Å². The summed E-state index contributed by atoms with van der Waals surface area (Å²) in [4.78, 5) is 26.4. The van der Waals surface area contributed by atoms with Gasteiger partial charge in [-0.2, -0.15) is 0 Å². The molecule has 5 nitrogen and oxygen atoms in total. The molecular weight excluding hydrogens is 338 g/mol. The summed E-state index contributed by atoms with van der Waals surface area (Å²) in [5.74, 6) is -0.0435.